The van der Waals surface area contributed by atoms with E-state index in [1.165, 1.54) is 6.07 Å². The van der Waals surface area contributed by atoms with Gasteiger partial charge < -0.3 is 15.7 Å². The van der Waals surface area contributed by atoms with Crippen molar-refractivity contribution >= 4 is 29.9 Å². The first kappa shape index (κ1) is 22.4. The highest BCUT2D eigenvalue weighted by Gasteiger charge is 2.10. The normalized spacial score (nSPS) is 12.2. The van der Waals surface area contributed by atoms with Crippen molar-refractivity contribution in [1.29, 1.82) is 0 Å². The van der Waals surface area contributed by atoms with Crippen LogP contribution in [0, 0.1) is 12.7 Å². The average Bonchev–Trinajstić information content (AvgIpc) is 2.63. The van der Waals surface area contributed by atoms with Crippen LogP contribution in [0.1, 0.15) is 29.5 Å². The van der Waals surface area contributed by atoms with Crippen molar-refractivity contribution in [3.8, 4) is 0 Å². The molecule has 0 aromatic heterocycles. The zero-order chi connectivity index (χ0) is 18.1. The summed E-state index contributed by atoms with van der Waals surface area (Å²) in [5.41, 5.74) is 2.53. The van der Waals surface area contributed by atoms with Crippen LogP contribution < -0.4 is 10.6 Å². The summed E-state index contributed by atoms with van der Waals surface area (Å²) in [5, 5.41) is 16.1. The highest BCUT2D eigenvalue weighted by atomic mass is 127. The number of guanidine groups is 1. The predicted molar refractivity (Wildman–Crippen MR) is 116 cm³/mol. The molecule has 0 spiro atoms. The standard InChI is InChI=1S/C20H26FN3O.HI/c1-3-22-20(23-12-16-10-9-15(2)19(21)11-16)24-13-18(14-25)17-7-5-4-6-8-17;/h4-11,18,25H,3,12-14H2,1-2H3,(H2,22,23,24);1H. The molecule has 4 nitrogen and oxygen atoms in total. The Labute approximate surface area is 172 Å². The van der Waals surface area contributed by atoms with E-state index in [0.717, 1.165) is 17.7 Å². The summed E-state index contributed by atoms with van der Waals surface area (Å²) in [6.45, 7) is 5.47. The van der Waals surface area contributed by atoms with Gasteiger partial charge in [-0.05, 0) is 36.6 Å². The minimum atomic E-state index is -0.213. The average molecular weight is 471 g/mol. The number of aliphatic imine (C=N–C) groups is 1. The Bertz CT molecular complexity index is 695. The monoisotopic (exact) mass is 471 g/mol. The van der Waals surface area contributed by atoms with Crippen molar-refractivity contribution < 1.29 is 9.50 Å². The topological polar surface area (TPSA) is 56.7 Å². The van der Waals surface area contributed by atoms with Gasteiger partial charge in [0, 0.05) is 19.0 Å². The lowest BCUT2D eigenvalue weighted by atomic mass is 10.0. The molecular weight excluding hydrogens is 444 g/mol. The predicted octanol–water partition coefficient (Wildman–Crippen LogP) is 3.58. The molecular formula is C20H27FIN3O. The largest absolute Gasteiger partial charge is 0.396 e. The van der Waals surface area contributed by atoms with Crippen LogP contribution in [0.25, 0.3) is 0 Å². The highest BCUT2D eigenvalue weighted by Crippen LogP contribution is 2.13. The number of rotatable bonds is 7. The molecule has 1 unspecified atom stereocenters. The van der Waals surface area contributed by atoms with Crippen LogP contribution in [0.15, 0.2) is 53.5 Å². The van der Waals surface area contributed by atoms with Crippen LogP contribution in [-0.4, -0.2) is 30.8 Å². The smallest absolute Gasteiger partial charge is 0.191 e. The molecule has 0 fully saturated rings. The fourth-order valence-corrected chi connectivity index (χ4v) is 2.48. The minimum Gasteiger partial charge on any atom is -0.396 e. The van der Waals surface area contributed by atoms with Gasteiger partial charge in [-0.3, -0.25) is 0 Å². The second-order valence-electron chi connectivity index (χ2n) is 5.95. The van der Waals surface area contributed by atoms with Crippen LogP contribution in [0.3, 0.4) is 0 Å². The molecule has 1 atom stereocenters. The zero-order valence-electron chi connectivity index (χ0n) is 15.2. The van der Waals surface area contributed by atoms with Gasteiger partial charge in [-0.1, -0.05) is 42.5 Å². The van der Waals surface area contributed by atoms with Gasteiger partial charge in [0.25, 0.3) is 0 Å². The van der Waals surface area contributed by atoms with Crippen molar-refractivity contribution in [2.24, 2.45) is 4.99 Å². The molecule has 2 aromatic carbocycles. The van der Waals surface area contributed by atoms with Crippen molar-refractivity contribution in [3.63, 3.8) is 0 Å². The van der Waals surface area contributed by atoms with Crippen LogP contribution in [0.2, 0.25) is 0 Å². The first-order valence-electron chi connectivity index (χ1n) is 8.57. The molecule has 0 saturated carbocycles. The third-order valence-electron chi connectivity index (χ3n) is 4.01. The Morgan fingerprint density at radius 3 is 2.50 bits per heavy atom. The maximum atomic E-state index is 13.6. The van der Waals surface area contributed by atoms with Gasteiger partial charge in [-0.25, -0.2) is 9.38 Å². The number of aliphatic hydroxyl groups is 1. The van der Waals surface area contributed by atoms with Gasteiger partial charge in [0.15, 0.2) is 5.96 Å². The van der Waals surface area contributed by atoms with Gasteiger partial charge in [0.1, 0.15) is 5.82 Å². The molecule has 3 N–H and O–H groups in total. The van der Waals surface area contributed by atoms with Crippen molar-refractivity contribution in [2.75, 3.05) is 19.7 Å². The number of hydrogen-bond acceptors (Lipinski definition) is 2. The third kappa shape index (κ3) is 6.92. The first-order chi connectivity index (χ1) is 12.1. The van der Waals surface area contributed by atoms with Gasteiger partial charge in [0.2, 0.25) is 0 Å². The zero-order valence-corrected chi connectivity index (χ0v) is 17.5. The van der Waals surface area contributed by atoms with E-state index in [9.17, 15) is 9.50 Å². The first-order valence-corrected chi connectivity index (χ1v) is 8.57. The third-order valence-corrected chi connectivity index (χ3v) is 4.01. The van der Waals surface area contributed by atoms with E-state index >= 15 is 0 Å². The van der Waals surface area contributed by atoms with E-state index in [4.69, 9.17) is 0 Å². The lowest BCUT2D eigenvalue weighted by Crippen LogP contribution is -2.39. The summed E-state index contributed by atoms with van der Waals surface area (Å²) in [5.74, 6) is 0.426. The van der Waals surface area contributed by atoms with E-state index < -0.39 is 0 Å². The molecule has 0 saturated heterocycles. The number of hydrogen-bond donors (Lipinski definition) is 3. The fraction of sp³-hybridized carbons (Fsp3) is 0.350. The molecule has 2 aromatic rings. The van der Waals surface area contributed by atoms with E-state index in [-0.39, 0.29) is 42.3 Å². The number of nitrogens with one attached hydrogen (secondary N) is 2. The quantitative estimate of drug-likeness (QED) is 0.329. The Morgan fingerprint density at radius 1 is 1.15 bits per heavy atom. The summed E-state index contributed by atoms with van der Waals surface area (Å²) < 4.78 is 13.6. The molecule has 0 radical (unpaired) electrons. The van der Waals surface area contributed by atoms with Gasteiger partial charge in [-0.15, -0.1) is 24.0 Å². The minimum absolute atomic E-state index is 0. The van der Waals surface area contributed by atoms with Gasteiger partial charge in [0.05, 0.1) is 13.2 Å². The lowest BCUT2D eigenvalue weighted by molar-refractivity contribution is 0.265. The molecule has 6 heteroatoms. The Balaban J connectivity index is 0.00000338. The molecule has 0 aliphatic heterocycles. The maximum absolute atomic E-state index is 13.6. The summed E-state index contributed by atoms with van der Waals surface area (Å²) in [6, 6.07) is 15.0. The molecule has 0 aliphatic carbocycles. The number of aryl methyl sites for hydroxylation is 1. The Morgan fingerprint density at radius 2 is 1.88 bits per heavy atom. The van der Waals surface area contributed by atoms with Crippen molar-refractivity contribution in [1.82, 2.24) is 10.6 Å². The molecule has 142 valence electrons. The molecule has 26 heavy (non-hydrogen) atoms. The second kappa shape index (κ2) is 11.9. The van der Waals surface area contributed by atoms with Crippen LogP contribution in [0.4, 0.5) is 4.39 Å². The van der Waals surface area contributed by atoms with Crippen LogP contribution in [-0.2, 0) is 6.54 Å². The highest BCUT2D eigenvalue weighted by molar-refractivity contribution is 14.0. The summed E-state index contributed by atoms with van der Waals surface area (Å²) >= 11 is 0. The number of benzene rings is 2. The van der Waals surface area contributed by atoms with Crippen LogP contribution in [0.5, 0.6) is 0 Å². The number of aliphatic hydroxyl groups excluding tert-OH is 1. The molecule has 0 amide bonds. The lowest BCUT2D eigenvalue weighted by Gasteiger charge is -2.18. The van der Waals surface area contributed by atoms with E-state index in [1.54, 1.807) is 13.0 Å². The Kier molecular flexibility index (Phi) is 10.2. The number of nitrogens with zero attached hydrogens (tertiary/aromatic N) is 1. The summed E-state index contributed by atoms with van der Waals surface area (Å²) in [4.78, 5) is 4.50. The van der Waals surface area contributed by atoms with Gasteiger partial charge >= 0.3 is 0 Å². The van der Waals surface area contributed by atoms with Crippen molar-refractivity contribution in [3.05, 3.63) is 71.0 Å². The molecule has 2 rings (SSSR count). The molecule has 0 heterocycles. The fourth-order valence-electron chi connectivity index (χ4n) is 2.48. The summed E-state index contributed by atoms with van der Waals surface area (Å²) in [6.07, 6.45) is 0. The SMILES string of the molecule is CCNC(=NCc1ccc(C)c(F)c1)NCC(CO)c1ccccc1.I. The van der Waals surface area contributed by atoms with E-state index in [1.807, 2.05) is 43.3 Å². The molecule has 0 bridgehead atoms. The van der Waals surface area contributed by atoms with Crippen molar-refractivity contribution in [2.45, 2.75) is 26.3 Å². The summed E-state index contributed by atoms with van der Waals surface area (Å²) in [7, 11) is 0. The van der Waals surface area contributed by atoms with E-state index in [2.05, 4.69) is 15.6 Å². The van der Waals surface area contributed by atoms with Crippen LogP contribution >= 0.6 is 24.0 Å². The van der Waals surface area contributed by atoms with Gasteiger partial charge in [-0.2, -0.15) is 0 Å². The molecule has 0 aliphatic rings. The number of halogens is 2. The maximum Gasteiger partial charge on any atom is 0.191 e. The second-order valence-corrected chi connectivity index (χ2v) is 5.95. The Hall–Kier alpha value is -1.67. The van der Waals surface area contributed by atoms with E-state index in [0.29, 0.717) is 24.6 Å².